The van der Waals surface area contributed by atoms with Gasteiger partial charge in [0.1, 0.15) is 4.33 Å². The van der Waals surface area contributed by atoms with Crippen LogP contribution in [0.25, 0.3) is 0 Å². The zero-order valence-corrected chi connectivity index (χ0v) is 20.4. The first-order chi connectivity index (χ1) is 14.6. The standard InChI is InChI=1S/C22H21Cl5N2O2/c1-2-3-4-7-28-20(30)16-11-15(5-6-17(16)25)29-21(31)19-18(22(19,26)27)12-8-13(23)10-14(24)9-12/h5-6,8-11,18-19H,2-4,7H2,1H3,(H,28,30)(H,29,31)/t18-,19+/m0/s1. The quantitative estimate of drug-likeness (QED) is 0.287. The minimum atomic E-state index is -1.29. The molecule has 0 spiro atoms. The summed E-state index contributed by atoms with van der Waals surface area (Å²) in [7, 11) is 0. The van der Waals surface area contributed by atoms with Crippen molar-refractivity contribution in [3.05, 3.63) is 62.6 Å². The molecule has 2 amide bonds. The molecule has 31 heavy (non-hydrogen) atoms. The van der Waals surface area contributed by atoms with Crippen molar-refractivity contribution in [3.63, 3.8) is 0 Å². The first-order valence-corrected chi connectivity index (χ1v) is 11.8. The minimum Gasteiger partial charge on any atom is -0.352 e. The molecule has 0 radical (unpaired) electrons. The summed E-state index contributed by atoms with van der Waals surface area (Å²) in [5, 5.41) is 6.78. The molecular weight excluding hydrogens is 502 g/mol. The van der Waals surface area contributed by atoms with Gasteiger partial charge in [-0.3, -0.25) is 9.59 Å². The van der Waals surface area contributed by atoms with Gasteiger partial charge in [-0.2, -0.15) is 0 Å². The maximum absolute atomic E-state index is 12.9. The molecule has 2 aromatic rings. The molecule has 4 nitrogen and oxygen atoms in total. The number of carbonyl (C=O) groups is 2. The summed E-state index contributed by atoms with van der Waals surface area (Å²) < 4.78 is -1.29. The molecule has 9 heteroatoms. The highest BCUT2D eigenvalue weighted by Crippen LogP contribution is 2.65. The Morgan fingerprint density at radius 2 is 1.68 bits per heavy atom. The van der Waals surface area contributed by atoms with E-state index in [1.807, 2.05) is 0 Å². The number of hydrogen-bond acceptors (Lipinski definition) is 2. The van der Waals surface area contributed by atoms with E-state index in [0.29, 0.717) is 32.9 Å². The van der Waals surface area contributed by atoms with E-state index in [9.17, 15) is 9.59 Å². The Balaban J connectivity index is 1.71. The number of benzene rings is 2. The van der Waals surface area contributed by atoms with Crippen LogP contribution in [0.5, 0.6) is 0 Å². The molecular formula is C22H21Cl5N2O2. The van der Waals surface area contributed by atoms with Crippen LogP contribution in [0.1, 0.15) is 48.0 Å². The first-order valence-electron chi connectivity index (χ1n) is 9.87. The van der Waals surface area contributed by atoms with E-state index in [-0.39, 0.29) is 17.4 Å². The van der Waals surface area contributed by atoms with E-state index >= 15 is 0 Å². The smallest absolute Gasteiger partial charge is 0.252 e. The number of anilines is 1. The molecule has 2 N–H and O–H groups in total. The van der Waals surface area contributed by atoms with Gasteiger partial charge in [-0.05, 0) is 48.4 Å². The lowest BCUT2D eigenvalue weighted by atomic mass is 10.1. The molecule has 1 aliphatic carbocycles. The fraction of sp³-hybridized carbons (Fsp3) is 0.364. The highest BCUT2D eigenvalue weighted by molar-refractivity contribution is 6.53. The molecule has 3 rings (SSSR count). The van der Waals surface area contributed by atoms with Crippen LogP contribution >= 0.6 is 58.0 Å². The fourth-order valence-corrected chi connectivity index (χ4v) is 5.07. The molecule has 1 saturated carbocycles. The van der Waals surface area contributed by atoms with Gasteiger partial charge in [0.2, 0.25) is 5.91 Å². The van der Waals surface area contributed by atoms with Gasteiger partial charge in [0.15, 0.2) is 0 Å². The Labute approximate surface area is 206 Å². The summed E-state index contributed by atoms with van der Waals surface area (Å²) in [6.07, 6.45) is 2.98. The van der Waals surface area contributed by atoms with Crippen molar-refractivity contribution >= 4 is 75.5 Å². The highest BCUT2D eigenvalue weighted by atomic mass is 35.5. The number of carbonyl (C=O) groups excluding carboxylic acids is 2. The maximum Gasteiger partial charge on any atom is 0.252 e. The SMILES string of the molecule is CCCCCNC(=O)c1cc(NC(=O)[C@H]2[C@H](c3cc(Cl)cc(Cl)c3)C2(Cl)Cl)ccc1Cl. The first kappa shape index (κ1) is 24.5. The van der Waals surface area contributed by atoms with E-state index in [4.69, 9.17) is 58.0 Å². The van der Waals surface area contributed by atoms with Crippen LogP contribution < -0.4 is 10.6 Å². The Morgan fingerprint density at radius 1 is 1.00 bits per heavy atom. The van der Waals surface area contributed by atoms with E-state index in [1.165, 1.54) is 6.07 Å². The number of hydrogen-bond donors (Lipinski definition) is 2. The molecule has 0 heterocycles. The molecule has 0 unspecified atom stereocenters. The van der Waals surface area contributed by atoms with Crippen LogP contribution in [0.3, 0.4) is 0 Å². The predicted molar refractivity (Wildman–Crippen MR) is 129 cm³/mol. The number of alkyl halides is 2. The maximum atomic E-state index is 12.9. The largest absolute Gasteiger partial charge is 0.352 e. The van der Waals surface area contributed by atoms with Crippen molar-refractivity contribution in [2.24, 2.45) is 5.92 Å². The van der Waals surface area contributed by atoms with Crippen molar-refractivity contribution in [3.8, 4) is 0 Å². The summed E-state index contributed by atoms with van der Waals surface area (Å²) in [5.74, 6) is -1.82. The van der Waals surface area contributed by atoms with Crippen molar-refractivity contribution < 1.29 is 9.59 Å². The summed E-state index contributed by atoms with van der Waals surface area (Å²) in [6.45, 7) is 2.65. The van der Waals surface area contributed by atoms with Crippen LogP contribution in [0, 0.1) is 5.92 Å². The summed E-state index contributed by atoms with van der Waals surface area (Å²) in [6, 6.07) is 9.69. The van der Waals surface area contributed by atoms with Crippen LogP contribution in [0.4, 0.5) is 5.69 Å². The Bertz CT molecular complexity index is 976. The second kappa shape index (κ2) is 10.2. The van der Waals surface area contributed by atoms with Crippen LogP contribution in [0.15, 0.2) is 36.4 Å². The van der Waals surface area contributed by atoms with Crippen LogP contribution in [-0.2, 0) is 4.79 Å². The van der Waals surface area contributed by atoms with E-state index in [0.717, 1.165) is 19.3 Å². The van der Waals surface area contributed by atoms with Crippen LogP contribution in [-0.4, -0.2) is 22.7 Å². The molecule has 2 aromatic carbocycles. The normalized spacial score (nSPS) is 19.0. The van der Waals surface area contributed by atoms with E-state index < -0.39 is 16.2 Å². The number of amides is 2. The zero-order chi connectivity index (χ0) is 22.8. The molecule has 166 valence electrons. The molecule has 2 atom stereocenters. The second-order valence-electron chi connectivity index (χ2n) is 7.48. The van der Waals surface area contributed by atoms with Gasteiger partial charge < -0.3 is 10.6 Å². The lowest BCUT2D eigenvalue weighted by molar-refractivity contribution is -0.117. The van der Waals surface area contributed by atoms with Gasteiger partial charge in [0, 0.05) is 28.2 Å². The Kier molecular flexibility index (Phi) is 8.04. The lowest BCUT2D eigenvalue weighted by Crippen LogP contribution is -2.25. The summed E-state index contributed by atoms with van der Waals surface area (Å²) >= 11 is 31.1. The van der Waals surface area contributed by atoms with E-state index in [1.54, 1.807) is 30.3 Å². The molecule has 0 aliphatic heterocycles. The highest BCUT2D eigenvalue weighted by Gasteiger charge is 2.67. The third-order valence-corrected chi connectivity index (χ3v) is 6.83. The van der Waals surface area contributed by atoms with Gasteiger partial charge in [0.05, 0.1) is 16.5 Å². The monoisotopic (exact) mass is 520 g/mol. The number of halogens is 5. The van der Waals surface area contributed by atoms with Crippen LogP contribution in [0.2, 0.25) is 15.1 Å². The van der Waals surface area contributed by atoms with Crippen molar-refractivity contribution in [2.75, 3.05) is 11.9 Å². The topological polar surface area (TPSA) is 58.2 Å². The zero-order valence-electron chi connectivity index (χ0n) is 16.7. The third kappa shape index (κ3) is 5.80. The van der Waals surface area contributed by atoms with Gasteiger partial charge >= 0.3 is 0 Å². The summed E-state index contributed by atoms with van der Waals surface area (Å²) in [5.41, 5.74) is 1.39. The second-order valence-corrected chi connectivity index (χ2v) is 10.2. The molecule has 0 saturated heterocycles. The number of nitrogens with one attached hydrogen (secondary N) is 2. The molecule has 1 fully saturated rings. The molecule has 1 aliphatic rings. The van der Waals surface area contributed by atoms with Crippen molar-refractivity contribution in [1.29, 1.82) is 0 Å². The average Bonchev–Trinajstić information content (AvgIpc) is 3.28. The predicted octanol–water partition coefficient (Wildman–Crippen LogP) is 7.09. The third-order valence-electron chi connectivity index (χ3n) is 5.12. The fourth-order valence-electron chi connectivity index (χ4n) is 3.49. The van der Waals surface area contributed by atoms with Crippen molar-refractivity contribution in [1.82, 2.24) is 5.32 Å². The number of unbranched alkanes of at least 4 members (excludes halogenated alkanes) is 2. The van der Waals surface area contributed by atoms with Gasteiger partial charge in [0.25, 0.3) is 5.91 Å². The van der Waals surface area contributed by atoms with E-state index in [2.05, 4.69) is 17.6 Å². The minimum absolute atomic E-state index is 0.285. The average molecular weight is 523 g/mol. The molecule has 0 aromatic heterocycles. The number of rotatable bonds is 8. The summed E-state index contributed by atoms with van der Waals surface area (Å²) in [4.78, 5) is 25.3. The Hall–Kier alpha value is -1.17. The Morgan fingerprint density at radius 3 is 2.32 bits per heavy atom. The molecule has 0 bridgehead atoms. The lowest BCUT2D eigenvalue weighted by Gasteiger charge is -2.10. The van der Waals surface area contributed by atoms with Gasteiger partial charge in [-0.25, -0.2) is 0 Å². The van der Waals surface area contributed by atoms with Crippen molar-refractivity contribution in [2.45, 2.75) is 36.4 Å². The van der Waals surface area contributed by atoms with Gasteiger partial charge in [-0.1, -0.05) is 54.6 Å². The van der Waals surface area contributed by atoms with Gasteiger partial charge in [-0.15, -0.1) is 23.2 Å².